The van der Waals surface area contributed by atoms with Gasteiger partial charge in [-0.15, -0.1) is 11.3 Å². The van der Waals surface area contributed by atoms with Crippen molar-refractivity contribution in [3.05, 3.63) is 41.8 Å². The molecular weight excluding hydrogens is 414 g/mol. The van der Waals surface area contributed by atoms with Crippen molar-refractivity contribution in [3.63, 3.8) is 0 Å². The molecule has 3 aromatic rings. The second-order valence-electron chi connectivity index (χ2n) is 6.70. The molecule has 146 valence electrons. The SMILES string of the molecule is CN(C(=O)CSc1nc(-c2cccs2)nc2ccccc12)[C@@H]1CCS(=O)(=O)C1. The summed E-state index contributed by atoms with van der Waals surface area (Å²) >= 11 is 2.94. The first-order chi connectivity index (χ1) is 13.4. The van der Waals surface area contributed by atoms with Crippen LogP contribution in [0, 0.1) is 0 Å². The highest BCUT2D eigenvalue weighted by atomic mass is 32.2. The van der Waals surface area contributed by atoms with E-state index in [2.05, 4.69) is 4.98 Å². The van der Waals surface area contributed by atoms with Crippen molar-refractivity contribution in [3.8, 4) is 10.7 Å². The third kappa shape index (κ3) is 4.06. The molecule has 3 heterocycles. The fourth-order valence-electron chi connectivity index (χ4n) is 3.19. The average Bonchev–Trinajstić information content (AvgIpc) is 3.34. The molecule has 0 spiro atoms. The van der Waals surface area contributed by atoms with Crippen LogP contribution in [0.25, 0.3) is 21.6 Å². The molecule has 1 aliphatic rings. The van der Waals surface area contributed by atoms with Gasteiger partial charge in [-0.3, -0.25) is 4.79 Å². The molecule has 6 nitrogen and oxygen atoms in total. The third-order valence-corrected chi connectivity index (χ3v) is 8.38. The zero-order chi connectivity index (χ0) is 19.7. The number of thioether (sulfide) groups is 1. The van der Waals surface area contributed by atoms with Crippen LogP contribution < -0.4 is 0 Å². The first kappa shape index (κ1) is 19.4. The number of carbonyl (C=O) groups is 1. The number of carbonyl (C=O) groups excluding carboxylic acids is 1. The van der Waals surface area contributed by atoms with E-state index in [0.717, 1.165) is 20.8 Å². The standard InChI is InChI=1S/C19H19N3O3S3/c1-22(13-8-10-28(24,25)12-13)17(23)11-27-19-14-5-2-3-6-15(14)20-18(21-19)16-7-4-9-26-16/h2-7,9,13H,8,10-12H2,1H3/t13-/m1/s1. The van der Waals surface area contributed by atoms with Crippen LogP contribution in [0.3, 0.4) is 0 Å². The lowest BCUT2D eigenvalue weighted by Gasteiger charge is -2.23. The van der Waals surface area contributed by atoms with E-state index in [0.29, 0.717) is 12.2 Å². The van der Waals surface area contributed by atoms with Gasteiger partial charge in [0, 0.05) is 18.5 Å². The summed E-state index contributed by atoms with van der Waals surface area (Å²) in [7, 11) is -1.34. The maximum atomic E-state index is 12.6. The Morgan fingerprint density at radius 3 is 2.79 bits per heavy atom. The Morgan fingerprint density at radius 1 is 1.25 bits per heavy atom. The maximum absolute atomic E-state index is 12.6. The summed E-state index contributed by atoms with van der Waals surface area (Å²) in [5.41, 5.74) is 0.839. The number of amides is 1. The van der Waals surface area contributed by atoms with Crippen LogP contribution in [0.4, 0.5) is 0 Å². The Kier molecular flexibility index (Phi) is 5.39. The monoisotopic (exact) mass is 433 g/mol. The third-order valence-electron chi connectivity index (χ3n) is 4.79. The van der Waals surface area contributed by atoms with Crippen molar-refractivity contribution in [2.75, 3.05) is 24.3 Å². The molecule has 0 saturated carbocycles. The molecule has 0 unspecified atom stereocenters. The van der Waals surface area contributed by atoms with Crippen LogP contribution in [-0.4, -0.2) is 59.5 Å². The van der Waals surface area contributed by atoms with Gasteiger partial charge in [0.25, 0.3) is 0 Å². The number of para-hydroxylation sites is 1. The predicted molar refractivity (Wildman–Crippen MR) is 113 cm³/mol. The van der Waals surface area contributed by atoms with Gasteiger partial charge in [0.2, 0.25) is 5.91 Å². The molecule has 0 aliphatic carbocycles. The Hall–Kier alpha value is -1.97. The molecule has 1 atom stereocenters. The molecule has 1 amide bonds. The number of aromatic nitrogens is 2. The van der Waals surface area contributed by atoms with Gasteiger partial charge < -0.3 is 4.90 Å². The van der Waals surface area contributed by atoms with Gasteiger partial charge in [0.15, 0.2) is 15.7 Å². The molecule has 28 heavy (non-hydrogen) atoms. The number of nitrogens with zero attached hydrogens (tertiary/aromatic N) is 3. The van der Waals surface area contributed by atoms with Gasteiger partial charge in [0.05, 0.1) is 27.7 Å². The summed E-state index contributed by atoms with van der Waals surface area (Å²) in [6.45, 7) is 0. The summed E-state index contributed by atoms with van der Waals surface area (Å²) in [5.74, 6) is 0.978. The van der Waals surface area contributed by atoms with Gasteiger partial charge in [-0.05, 0) is 23.9 Å². The summed E-state index contributed by atoms with van der Waals surface area (Å²) < 4.78 is 23.4. The van der Waals surface area contributed by atoms with E-state index in [-0.39, 0.29) is 29.2 Å². The van der Waals surface area contributed by atoms with Crippen LogP contribution in [0.2, 0.25) is 0 Å². The first-order valence-corrected chi connectivity index (χ1v) is 12.5. The minimum absolute atomic E-state index is 0.0544. The van der Waals surface area contributed by atoms with E-state index in [1.54, 1.807) is 23.3 Å². The van der Waals surface area contributed by atoms with E-state index in [1.807, 2.05) is 41.8 Å². The lowest BCUT2D eigenvalue weighted by molar-refractivity contribution is -0.128. The van der Waals surface area contributed by atoms with Crippen LogP contribution in [0.15, 0.2) is 46.8 Å². The van der Waals surface area contributed by atoms with Crippen LogP contribution in [0.5, 0.6) is 0 Å². The van der Waals surface area contributed by atoms with Crippen molar-refractivity contribution in [2.45, 2.75) is 17.5 Å². The molecule has 2 aromatic heterocycles. The Bertz CT molecular complexity index is 1110. The second-order valence-corrected chi connectivity index (χ2v) is 10.8. The average molecular weight is 434 g/mol. The van der Waals surface area contributed by atoms with Gasteiger partial charge in [-0.2, -0.15) is 0 Å². The molecule has 1 aliphatic heterocycles. The molecule has 0 N–H and O–H groups in total. The zero-order valence-electron chi connectivity index (χ0n) is 15.2. The minimum atomic E-state index is -3.02. The normalized spacial score (nSPS) is 18.4. The van der Waals surface area contributed by atoms with E-state index < -0.39 is 9.84 Å². The lowest BCUT2D eigenvalue weighted by Crippen LogP contribution is -2.38. The highest BCUT2D eigenvalue weighted by Crippen LogP contribution is 2.30. The lowest BCUT2D eigenvalue weighted by atomic mass is 10.2. The molecule has 1 aromatic carbocycles. The zero-order valence-corrected chi connectivity index (χ0v) is 17.7. The quantitative estimate of drug-likeness (QED) is 0.454. The topological polar surface area (TPSA) is 80.2 Å². The number of fused-ring (bicyclic) bond motifs is 1. The molecular formula is C19H19N3O3S3. The molecule has 0 bridgehead atoms. The molecule has 1 fully saturated rings. The van der Waals surface area contributed by atoms with Crippen LogP contribution in [-0.2, 0) is 14.6 Å². The maximum Gasteiger partial charge on any atom is 0.233 e. The highest BCUT2D eigenvalue weighted by Gasteiger charge is 2.32. The van der Waals surface area contributed by atoms with Crippen molar-refractivity contribution >= 4 is 49.7 Å². The van der Waals surface area contributed by atoms with Gasteiger partial charge >= 0.3 is 0 Å². The number of benzene rings is 1. The molecule has 9 heteroatoms. The Morgan fingerprint density at radius 2 is 2.07 bits per heavy atom. The van der Waals surface area contributed by atoms with Crippen LogP contribution >= 0.6 is 23.1 Å². The minimum Gasteiger partial charge on any atom is -0.341 e. The van der Waals surface area contributed by atoms with Crippen molar-refractivity contribution in [1.82, 2.24) is 14.9 Å². The van der Waals surface area contributed by atoms with E-state index in [9.17, 15) is 13.2 Å². The summed E-state index contributed by atoms with van der Waals surface area (Å²) in [4.78, 5) is 24.5. The van der Waals surface area contributed by atoms with Gasteiger partial charge in [-0.1, -0.05) is 36.0 Å². The van der Waals surface area contributed by atoms with Crippen molar-refractivity contribution < 1.29 is 13.2 Å². The fraction of sp³-hybridized carbons (Fsp3) is 0.316. The summed E-state index contributed by atoms with van der Waals surface area (Å²) in [6, 6.07) is 11.5. The van der Waals surface area contributed by atoms with Gasteiger partial charge in [0.1, 0.15) is 5.03 Å². The number of hydrogen-bond donors (Lipinski definition) is 0. The number of rotatable bonds is 5. The summed E-state index contributed by atoms with van der Waals surface area (Å²) in [6.07, 6.45) is 0.508. The number of hydrogen-bond acceptors (Lipinski definition) is 7. The van der Waals surface area contributed by atoms with Crippen molar-refractivity contribution in [1.29, 1.82) is 0 Å². The number of sulfone groups is 1. The second kappa shape index (κ2) is 7.81. The van der Waals surface area contributed by atoms with Gasteiger partial charge in [-0.25, -0.2) is 18.4 Å². The Balaban J connectivity index is 1.55. The molecule has 1 saturated heterocycles. The smallest absolute Gasteiger partial charge is 0.233 e. The fourth-order valence-corrected chi connectivity index (χ4v) is 6.56. The first-order valence-electron chi connectivity index (χ1n) is 8.82. The Labute approximate surface area is 171 Å². The number of thiophene rings is 1. The predicted octanol–water partition coefficient (Wildman–Crippen LogP) is 3.10. The summed E-state index contributed by atoms with van der Waals surface area (Å²) in [5, 5.41) is 3.65. The largest absolute Gasteiger partial charge is 0.341 e. The molecule has 4 rings (SSSR count). The molecule has 0 radical (unpaired) electrons. The van der Waals surface area contributed by atoms with Crippen molar-refractivity contribution in [2.24, 2.45) is 0 Å². The van der Waals surface area contributed by atoms with E-state index >= 15 is 0 Å². The highest BCUT2D eigenvalue weighted by molar-refractivity contribution is 8.00. The van der Waals surface area contributed by atoms with E-state index in [4.69, 9.17) is 4.98 Å². The van der Waals surface area contributed by atoms with Crippen LogP contribution in [0.1, 0.15) is 6.42 Å². The van der Waals surface area contributed by atoms with E-state index in [1.165, 1.54) is 11.8 Å².